The van der Waals surface area contributed by atoms with Gasteiger partial charge in [-0.2, -0.15) is 11.8 Å². The van der Waals surface area contributed by atoms with Crippen molar-refractivity contribution in [1.29, 1.82) is 0 Å². The lowest BCUT2D eigenvalue weighted by Crippen LogP contribution is -2.48. The van der Waals surface area contributed by atoms with Crippen LogP contribution in [0.1, 0.15) is 47.7 Å². The van der Waals surface area contributed by atoms with E-state index in [9.17, 15) is 9.59 Å². The predicted molar refractivity (Wildman–Crippen MR) is 116 cm³/mol. The van der Waals surface area contributed by atoms with Gasteiger partial charge in [0.15, 0.2) is 0 Å². The Morgan fingerprint density at radius 3 is 2.75 bits per heavy atom. The molecule has 2 aliphatic rings. The first-order valence-electron chi connectivity index (χ1n) is 10.4. The summed E-state index contributed by atoms with van der Waals surface area (Å²) in [5, 5.41) is 1.04. The number of nitrogens with zero attached hydrogens (tertiary/aromatic N) is 2. The van der Waals surface area contributed by atoms with E-state index in [2.05, 4.69) is 16.8 Å². The van der Waals surface area contributed by atoms with Gasteiger partial charge in [0, 0.05) is 54.0 Å². The summed E-state index contributed by atoms with van der Waals surface area (Å²) in [5.41, 5.74) is 3.61. The first-order valence-corrected chi connectivity index (χ1v) is 11.6. The van der Waals surface area contributed by atoms with Gasteiger partial charge in [0.25, 0.3) is 11.5 Å². The summed E-state index contributed by atoms with van der Waals surface area (Å²) in [6, 6.07) is 5.75. The number of carbonyl (C=O) groups is 1. The van der Waals surface area contributed by atoms with Gasteiger partial charge in [-0.3, -0.25) is 14.5 Å². The average Bonchev–Trinajstić information content (AvgIpc) is 2.74. The molecule has 0 bridgehead atoms. The number of amides is 1. The number of H-pyrrole nitrogens is 1. The monoisotopic (exact) mass is 399 g/mol. The molecule has 1 aromatic carbocycles. The molecule has 3 heterocycles. The summed E-state index contributed by atoms with van der Waals surface area (Å²) in [5.74, 6) is 1.91. The van der Waals surface area contributed by atoms with Gasteiger partial charge in [-0.15, -0.1) is 0 Å². The summed E-state index contributed by atoms with van der Waals surface area (Å²) < 4.78 is 0. The molecule has 2 aliphatic heterocycles. The van der Waals surface area contributed by atoms with Crippen molar-refractivity contribution >= 4 is 28.6 Å². The third kappa shape index (κ3) is 3.98. The molecule has 0 unspecified atom stereocenters. The second-order valence-corrected chi connectivity index (χ2v) is 8.92. The van der Waals surface area contributed by atoms with Gasteiger partial charge in [-0.25, -0.2) is 0 Å². The fourth-order valence-electron chi connectivity index (χ4n) is 4.26. The minimum atomic E-state index is 0.0213. The number of aryl methyl sites for hydroxylation is 1. The van der Waals surface area contributed by atoms with E-state index in [1.54, 1.807) is 11.8 Å². The molecule has 5 nitrogen and oxygen atoms in total. The van der Waals surface area contributed by atoms with E-state index >= 15 is 0 Å². The standard InChI is InChI=1S/C22H29N3O2S/c1-2-3-4-8-24-9-11-25(12-10-24)22(27)16-5-6-20-18(14-16)17-7-13-28-15-19(17)21(26)23-20/h5-6,14H,2-4,7-13,15H2,1H3,(H,23,26). The summed E-state index contributed by atoms with van der Waals surface area (Å²) in [7, 11) is 0. The van der Waals surface area contributed by atoms with Crippen molar-refractivity contribution in [2.75, 3.05) is 38.5 Å². The number of thioether (sulfide) groups is 1. The van der Waals surface area contributed by atoms with Crippen molar-refractivity contribution in [3.8, 4) is 0 Å². The number of aromatic amines is 1. The minimum absolute atomic E-state index is 0.0213. The van der Waals surface area contributed by atoms with Crippen molar-refractivity contribution in [2.24, 2.45) is 0 Å². The van der Waals surface area contributed by atoms with Crippen molar-refractivity contribution in [3.63, 3.8) is 0 Å². The van der Waals surface area contributed by atoms with Gasteiger partial charge in [-0.1, -0.05) is 19.8 Å². The van der Waals surface area contributed by atoms with E-state index in [0.29, 0.717) is 0 Å². The second-order valence-electron chi connectivity index (χ2n) is 7.82. The third-order valence-corrected chi connectivity index (χ3v) is 6.94. The quantitative estimate of drug-likeness (QED) is 0.784. The van der Waals surface area contributed by atoms with Gasteiger partial charge in [-0.05, 0) is 48.9 Å². The number of rotatable bonds is 5. The van der Waals surface area contributed by atoms with Crippen molar-refractivity contribution in [3.05, 3.63) is 45.2 Å². The van der Waals surface area contributed by atoms with Gasteiger partial charge < -0.3 is 9.88 Å². The maximum Gasteiger partial charge on any atom is 0.253 e. The van der Waals surface area contributed by atoms with E-state index in [4.69, 9.17) is 0 Å². The van der Waals surface area contributed by atoms with Gasteiger partial charge in [0.1, 0.15) is 0 Å². The molecule has 0 atom stereocenters. The van der Waals surface area contributed by atoms with Crippen LogP contribution in [0, 0.1) is 0 Å². The number of piperazine rings is 1. The molecule has 0 radical (unpaired) electrons. The van der Waals surface area contributed by atoms with Gasteiger partial charge in [0.2, 0.25) is 0 Å². The van der Waals surface area contributed by atoms with Crippen LogP contribution in [0.2, 0.25) is 0 Å². The van der Waals surface area contributed by atoms with Crippen LogP contribution in [-0.4, -0.2) is 59.2 Å². The van der Waals surface area contributed by atoms with Crippen LogP contribution in [0.3, 0.4) is 0 Å². The van der Waals surface area contributed by atoms with E-state index in [1.807, 2.05) is 23.1 Å². The Morgan fingerprint density at radius 2 is 1.96 bits per heavy atom. The Bertz CT molecular complexity index is 916. The van der Waals surface area contributed by atoms with Crippen LogP contribution in [0.15, 0.2) is 23.0 Å². The Labute approximate surface area is 170 Å². The lowest BCUT2D eigenvalue weighted by Gasteiger charge is -2.34. The van der Waals surface area contributed by atoms with Crippen molar-refractivity contribution < 1.29 is 4.79 Å². The molecule has 0 saturated carbocycles. The lowest BCUT2D eigenvalue weighted by molar-refractivity contribution is 0.0635. The number of unbranched alkanes of at least 4 members (excludes halogenated alkanes) is 2. The minimum Gasteiger partial charge on any atom is -0.336 e. The molecule has 0 spiro atoms. The van der Waals surface area contributed by atoms with Crippen LogP contribution in [0.5, 0.6) is 0 Å². The van der Waals surface area contributed by atoms with Crippen LogP contribution in [0.4, 0.5) is 0 Å². The zero-order valence-electron chi connectivity index (χ0n) is 16.6. The van der Waals surface area contributed by atoms with Crippen LogP contribution < -0.4 is 5.56 Å². The SMILES string of the molecule is CCCCCN1CCN(C(=O)c2ccc3[nH]c(=O)c4c(c3c2)CCSC4)CC1. The molecular formula is C22H29N3O2S. The number of hydrogen-bond donors (Lipinski definition) is 1. The van der Waals surface area contributed by atoms with E-state index in [1.165, 1.54) is 19.3 Å². The normalized spacial score (nSPS) is 17.7. The van der Waals surface area contributed by atoms with Crippen LogP contribution in [0.25, 0.3) is 10.9 Å². The number of nitrogens with one attached hydrogen (secondary N) is 1. The highest BCUT2D eigenvalue weighted by Crippen LogP contribution is 2.28. The summed E-state index contributed by atoms with van der Waals surface area (Å²) in [4.78, 5) is 32.8. The van der Waals surface area contributed by atoms with E-state index < -0.39 is 0 Å². The number of benzene rings is 1. The highest BCUT2D eigenvalue weighted by molar-refractivity contribution is 7.98. The fraction of sp³-hybridized carbons (Fsp3) is 0.545. The zero-order chi connectivity index (χ0) is 19.5. The molecule has 1 fully saturated rings. The van der Waals surface area contributed by atoms with Gasteiger partial charge >= 0.3 is 0 Å². The second kappa shape index (κ2) is 8.70. The highest BCUT2D eigenvalue weighted by Gasteiger charge is 2.23. The first-order chi connectivity index (χ1) is 13.7. The molecular weight excluding hydrogens is 370 g/mol. The molecule has 1 N–H and O–H groups in total. The molecule has 0 aliphatic carbocycles. The molecule has 2 aromatic rings. The molecule has 4 rings (SSSR count). The summed E-state index contributed by atoms with van der Waals surface area (Å²) >= 11 is 1.80. The fourth-order valence-corrected chi connectivity index (χ4v) is 5.26. The number of fused-ring (bicyclic) bond motifs is 3. The molecule has 6 heteroatoms. The van der Waals surface area contributed by atoms with Crippen molar-refractivity contribution in [2.45, 2.75) is 38.4 Å². The molecule has 1 aromatic heterocycles. The molecule has 1 amide bonds. The smallest absolute Gasteiger partial charge is 0.253 e. The lowest BCUT2D eigenvalue weighted by atomic mass is 9.99. The molecule has 150 valence electrons. The van der Waals surface area contributed by atoms with Crippen LogP contribution >= 0.6 is 11.8 Å². The largest absolute Gasteiger partial charge is 0.336 e. The maximum atomic E-state index is 13.1. The Kier molecular flexibility index (Phi) is 6.07. The van der Waals surface area contributed by atoms with E-state index in [0.717, 1.165) is 78.2 Å². The van der Waals surface area contributed by atoms with Crippen molar-refractivity contribution in [1.82, 2.24) is 14.8 Å². The number of carbonyl (C=O) groups excluding carboxylic acids is 1. The van der Waals surface area contributed by atoms with E-state index in [-0.39, 0.29) is 11.5 Å². The number of hydrogen-bond acceptors (Lipinski definition) is 4. The third-order valence-electron chi connectivity index (χ3n) is 5.96. The molecule has 1 saturated heterocycles. The zero-order valence-corrected chi connectivity index (χ0v) is 17.4. The highest BCUT2D eigenvalue weighted by atomic mass is 32.2. The summed E-state index contributed by atoms with van der Waals surface area (Å²) in [6.45, 7) is 6.88. The van der Waals surface area contributed by atoms with Gasteiger partial charge in [0.05, 0.1) is 0 Å². The number of aromatic nitrogens is 1. The Morgan fingerprint density at radius 1 is 1.14 bits per heavy atom. The molecule has 28 heavy (non-hydrogen) atoms. The Balaban J connectivity index is 1.51. The Hall–Kier alpha value is -1.79. The summed E-state index contributed by atoms with van der Waals surface area (Å²) in [6.07, 6.45) is 4.67. The topological polar surface area (TPSA) is 56.4 Å². The first kappa shape index (κ1) is 19.5. The predicted octanol–water partition coefficient (Wildman–Crippen LogP) is 3.27. The van der Waals surface area contributed by atoms with Crippen LogP contribution in [-0.2, 0) is 12.2 Å². The number of pyridine rings is 1. The average molecular weight is 400 g/mol. The maximum absolute atomic E-state index is 13.1.